The molecule has 0 aromatic heterocycles. The zero-order valence-corrected chi connectivity index (χ0v) is 7.75. The van der Waals surface area contributed by atoms with Crippen molar-refractivity contribution in [1.82, 2.24) is 4.90 Å². The summed E-state index contributed by atoms with van der Waals surface area (Å²) in [4.78, 5) is 12.3. The number of halogens is 2. The van der Waals surface area contributed by atoms with Crippen LogP contribution in [0.15, 0.2) is 0 Å². The third-order valence-corrected chi connectivity index (χ3v) is 2.91. The molecule has 5 heteroatoms. The first-order valence-electron chi connectivity index (χ1n) is 4.84. The van der Waals surface area contributed by atoms with Gasteiger partial charge in [0.05, 0.1) is 6.54 Å². The highest BCUT2D eigenvalue weighted by atomic mass is 19.3. The van der Waals surface area contributed by atoms with Gasteiger partial charge in [-0.2, -0.15) is 0 Å². The molecule has 0 radical (unpaired) electrons. The summed E-state index contributed by atoms with van der Waals surface area (Å²) in [7, 11) is 0. The lowest BCUT2D eigenvalue weighted by molar-refractivity contribution is -0.144. The van der Waals surface area contributed by atoms with E-state index in [9.17, 15) is 13.6 Å². The van der Waals surface area contributed by atoms with Crippen LogP contribution in [0.25, 0.3) is 0 Å². The number of nitrogens with zero attached hydrogens (tertiary/aromatic N) is 1. The van der Waals surface area contributed by atoms with Gasteiger partial charge in [0, 0.05) is 13.0 Å². The van der Waals surface area contributed by atoms with Crippen LogP contribution in [-0.4, -0.2) is 41.0 Å². The Kier molecular flexibility index (Phi) is 2.21. The zero-order valence-electron chi connectivity index (χ0n) is 7.75. The van der Waals surface area contributed by atoms with Crippen LogP contribution in [0.5, 0.6) is 0 Å². The second-order valence-corrected chi connectivity index (χ2v) is 4.20. The Morgan fingerprint density at radius 3 is 2.50 bits per heavy atom. The van der Waals surface area contributed by atoms with Crippen LogP contribution in [-0.2, 0) is 4.79 Å². The highest BCUT2D eigenvalue weighted by Gasteiger charge is 2.47. The largest absolute Gasteiger partial charge is 0.480 e. The van der Waals surface area contributed by atoms with Crippen molar-refractivity contribution in [3.05, 3.63) is 0 Å². The number of carbonyl (C=O) groups is 1. The summed E-state index contributed by atoms with van der Waals surface area (Å²) in [6.45, 7) is -0.180. The molecule has 0 bridgehead atoms. The van der Waals surface area contributed by atoms with Crippen LogP contribution >= 0.6 is 0 Å². The van der Waals surface area contributed by atoms with Gasteiger partial charge in [0.25, 0.3) is 5.92 Å². The molecule has 1 N–H and O–H groups in total. The minimum atomic E-state index is -2.69. The summed E-state index contributed by atoms with van der Waals surface area (Å²) in [5, 5.41) is 8.93. The molecule has 1 heterocycles. The summed E-state index contributed by atoms with van der Waals surface area (Å²) in [5.74, 6) is -3.55. The lowest BCUT2D eigenvalue weighted by atomic mass is 10.1. The monoisotopic (exact) mass is 205 g/mol. The normalized spacial score (nSPS) is 29.0. The van der Waals surface area contributed by atoms with Crippen LogP contribution in [0.1, 0.15) is 19.3 Å². The first-order valence-corrected chi connectivity index (χ1v) is 4.84. The van der Waals surface area contributed by atoms with Crippen molar-refractivity contribution < 1.29 is 18.7 Å². The second-order valence-electron chi connectivity index (χ2n) is 4.20. The Morgan fingerprint density at radius 2 is 2.14 bits per heavy atom. The Bertz CT molecular complexity index is 253. The maximum atomic E-state index is 12.9. The Labute approximate surface area is 80.7 Å². The molecule has 2 fully saturated rings. The molecule has 0 aromatic carbocycles. The lowest BCUT2D eigenvalue weighted by Crippen LogP contribution is -2.42. The molecule has 2 aliphatic rings. The van der Waals surface area contributed by atoms with Gasteiger partial charge in [-0.3, -0.25) is 9.69 Å². The Morgan fingerprint density at radius 1 is 1.50 bits per heavy atom. The minimum absolute atomic E-state index is 0.0985. The average Bonchev–Trinajstić information content (AvgIpc) is 2.78. The quantitative estimate of drug-likeness (QED) is 0.752. The van der Waals surface area contributed by atoms with Crippen LogP contribution in [0.3, 0.4) is 0 Å². The van der Waals surface area contributed by atoms with Crippen molar-refractivity contribution in [2.45, 2.75) is 31.2 Å². The van der Waals surface area contributed by atoms with Gasteiger partial charge in [0.2, 0.25) is 0 Å². The van der Waals surface area contributed by atoms with Gasteiger partial charge in [0.15, 0.2) is 0 Å². The van der Waals surface area contributed by atoms with Gasteiger partial charge in [0.1, 0.15) is 6.04 Å². The highest BCUT2D eigenvalue weighted by molar-refractivity contribution is 5.74. The van der Waals surface area contributed by atoms with E-state index in [0.29, 0.717) is 0 Å². The maximum absolute atomic E-state index is 12.9. The summed E-state index contributed by atoms with van der Waals surface area (Å²) < 4.78 is 25.7. The molecule has 14 heavy (non-hydrogen) atoms. The summed E-state index contributed by atoms with van der Waals surface area (Å²) in [6.07, 6.45) is 1.52. The maximum Gasteiger partial charge on any atom is 0.321 e. The topological polar surface area (TPSA) is 40.5 Å². The number of rotatable bonds is 3. The summed E-state index contributed by atoms with van der Waals surface area (Å²) in [5.41, 5.74) is 0. The van der Waals surface area contributed by atoms with Crippen LogP contribution in [0, 0.1) is 5.92 Å². The number of hydrogen-bond acceptors (Lipinski definition) is 2. The molecule has 3 nitrogen and oxygen atoms in total. The SMILES string of the molecule is O=C(O)C(C1CC1)N1CCC(F)(F)C1. The smallest absolute Gasteiger partial charge is 0.321 e. The number of alkyl halides is 2. The molecule has 1 saturated carbocycles. The first kappa shape index (κ1) is 9.83. The molecular formula is C9H13F2NO2. The fourth-order valence-electron chi connectivity index (χ4n) is 2.07. The van der Waals surface area contributed by atoms with Crippen LogP contribution in [0.2, 0.25) is 0 Å². The third-order valence-electron chi connectivity index (χ3n) is 2.91. The van der Waals surface area contributed by atoms with Crippen LogP contribution in [0.4, 0.5) is 8.78 Å². The van der Waals surface area contributed by atoms with Crippen molar-refractivity contribution in [3.63, 3.8) is 0 Å². The number of aliphatic carboxylic acids is 1. The molecule has 1 atom stereocenters. The van der Waals surface area contributed by atoms with Gasteiger partial charge >= 0.3 is 5.97 Å². The highest BCUT2D eigenvalue weighted by Crippen LogP contribution is 2.39. The van der Waals surface area contributed by atoms with E-state index in [-0.39, 0.29) is 25.4 Å². The summed E-state index contributed by atoms with van der Waals surface area (Å²) in [6, 6.07) is -0.677. The van der Waals surface area contributed by atoms with Crippen LogP contribution < -0.4 is 0 Å². The Balaban J connectivity index is 2.02. The molecule has 1 aliphatic heterocycles. The first-order chi connectivity index (χ1) is 6.49. The van der Waals surface area contributed by atoms with Gasteiger partial charge < -0.3 is 5.11 Å². The number of hydrogen-bond donors (Lipinski definition) is 1. The van der Waals surface area contributed by atoms with Gasteiger partial charge in [-0.05, 0) is 18.8 Å². The lowest BCUT2D eigenvalue weighted by Gasteiger charge is -2.23. The third kappa shape index (κ3) is 1.87. The molecule has 0 aromatic rings. The van der Waals surface area contributed by atoms with E-state index in [2.05, 4.69) is 0 Å². The predicted molar refractivity (Wildman–Crippen MR) is 45.3 cm³/mol. The average molecular weight is 205 g/mol. The molecule has 1 aliphatic carbocycles. The van der Waals surface area contributed by atoms with E-state index in [0.717, 1.165) is 12.8 Å². The van der Waals surface area contributed by atoms with E-state index in [1.165, 1.54) is 4.90 Å². The Hall–Kier alpha value is -0.710. The molecule has 1 saturated heterocycles. The minimum Gasteiger partial charge on any atom is -0.480 e. The molecule has 1 unspecified atom stereocenters. The van der Waals surface area contributed by atoms with E-state index >= 15 is 0 Å². The van der Waals surface area contributed by atoms with E-state index in [1.54, 1.807) is 0 Å². The molecule has 0 spiro atoms. The van der Waals surface area contributed by atoms with Gasteiger partial charge in [-0.15, -0.1) is 0 Å². The van der Waals surface area contributed by atoms with Crippen molar-refractivity contribution in [2.24, 2.45) is 5.92 Å². The number of carboxylic acids is 1. The van der Waals surface area contributed by atoms with E-state index in [1.807, 2.05) is 0 Å². The number of carboxylic acid groups (broad SMARTS) is 1. The molecule has 0 amide bonds. The van der Waals surface area contributed by atoms with Gasteiger partial charge in [-0.1, -0.05) is 0 Å². The van der Waals surface area contributed by atoms with Crippen molar-refractivity contribution >= 4 is 5.97 Å². The number of likely N-dealkylation sites (tertiary alicyclic amines) is 1. The van der Waals surface area contributed by atoms with Gasteiger partial charge in [-0.25, -0.2) is 8.78 Å². The molecule has 80 valence electrons. The van der Waals surface area contributed by atoms with Crippen molar-refractivity contribution in [1.29, 1.82) is 0 Å². The second kappa shape index (κ2) is 3.15. The standard InChI is InChI=1S/C9H13F2NO2/c10-9(11)3-4-12(5-9)7(8(13)14)6-1-2-6/h6-7H,1-5H2,(H,13,14). The zero-order chi connectivity index (χ0) is 10.3. The fourth-order valence-corrected chi connectivity index (χ4v) is 2.07. The predicted octanol–water partition coefficient (Wildman–Crippen LogP) is 1.19. The van der Waals surface area contributed by atoms with Crippen molar-refractivity contribution in [3.8, 4) is 0 Å². The summed E-state index contributed by atoms with van der Waals surface area (Å²) >= 11 is 0. The molecule has 2 rings (SSSR count). The van der Waals surface area contributed by atoms with Crippen molar-refractivity contribution in [2.75, 3.05) is 13.1 Å². The fraction of sp³-hybridized carbons (Fsp3) is 0.889. The molecular weight excluding hydrogens is 192 g/mol. The van der Waals surface area contributed by atoms with E-state index < -0.39 is 17.9 Å². The van der Waals surface area contributed by atoms with E-state index in [4.69, 9.17) is 5.11 Å².